The lowest BCUT2D eigenvalue weighted by Crippen LogP contribution is -2.34. The summed E-state index contributed by atoms with van der Waals surface area (Å²) in [6, 6.07) is 1.62. The minimum Gasteiger partial charge on any atom is -0.388 e. The maximum absolute atomic E-state index is 8.83. The topological polar surface area (TPSA) is 38.0 Å². The molecule has 0 bridgehead atoms. The van der Waals surface area contributed by atoms with E-state index >= 15 is 0 Å². The summed E-state index contributed by atoms with van der Waals surface area (Å²) in [5.41, 5.74) is -1.87. The molecule has 0 unspecified atom stereocenters. The summed E-state index contributed by atoms with van der Waals surface area (Å²) in [5, 5.41) is 12.4. The molecule has 0 atom stereocenters. The average molecular weight is 118 g/mol. The minimum absolute atomic E-state index is 1.05. The van der Waals surface area contributed by atoms with Crippen molar-refractivity contribution in [2.45, 2.75) is 5.52 Å². The van der Waals surface area contributed by atoms with Gasteiger partial charge >= 0.3 is 0 Å². The van der Waals surface area contributed by atoms with Gasteiger partial charge in [-0.3, -0.25) is 4.68 Å². The van der Waals surface area contributed by atoms with E-state index in [1.165, 1.54) is 12.4 Å². The molecule has 0 amide bonds. The monoisotopic (exact) mass is 118 g/mol. The van der Waals surface area contributed by atoms with Crippen LogP contribution in [-0.2, 0) is 5.52 Å². The van der Waals surface area contributed by atoms with Crippen LogP contribution in [0.15, 0.2) is 18.5 Å². The molecule has 0 fully saturated rings. The third kappa shape index (κ3) is 1.36. The molecular weight excluding hydrogens is 114 g/mol. The smallest absolute Gasteiger partial charge is 0.131 e. The van der Waals surface area contributed by atoms with E-state index in [4.69, 9.17) is 20.8 Å². The van der Waals surface area contributed by atoms with Crippen molar-refractivity contribution in [1.82, 2.24) is 9.78 Å². The second-order valence-electron chi connectivity index (χ2n) is 1.73. The molecule has 0 aliphatic carbocycles. The standard InChI is InChI=1S/C4H4B2N2O/c5-4(6,9)8-3-1-2-7-8/h1-3,9H. The zero-order chi connectivity index (χ0) is 6.91. The number of nitrogens with zero attached hydrogens (tertiary/aromatic N) is 2. The fourth-order valence-corrected chi connectivity index (χ4v) is 0.481. The van der Waals surface area contributed by atoms with Crippen molar-refractivity contribution in [3.8, 4) is 0 Å². The molecule has 0 aliphatic rings. The highest BCUT2D eigenvalue weighted by Gasteiger charge is 2.12. The Labute approximate surface area is 55.5 Å². The molecule has 1 rings (SSSR count). The maximum atomic E-state index is 8.83. The van der Waals surface area contributed by atoms with Crippen LogP contribution in [0.5, 0.6) is 0 Å². The Morgan fingerprint density at radius 3 is 2.44 bits per heavy atom. The summed E-state index contributed by atoms with van der Waals surface area (Å²) in [6.45, 7) is 0. The van der Waals surface area contributed by atoms with Gasteiger partial charge in [-0.25, -0.2) is 0 Å². The largest absolute Gasteiger partial charge is 0.388 e. The minimum atomic E-state index is -1.87. The second-order valence-corrected chi connectivity index (χ2v) is 1.73. The van der Waals surface area contributed by atoms with E-state index in [9.17, 15) is 0 Å². The van der Waals surface area contributed by atoms with Gasteiger partial charge in [0.15, 0.2) is 0 Å². The van der Waals surface area contributed by atoms with Gasteiger partial charge in [0, 0.05) is 12.4 Å². The Kier molecular flexibility index (Phi) is 1.37. The van der Waals surface area contributed by atoms with E-state index in [2.05, 4.69) is 5.10 Å². The Hall–Kier alpha value is -0.700. The van der Waals surface area contributed by atoms with Crippen LogP contribution >= 0.6 is 0 Å². The first kappa shape index (κ1) is 6.42. The number of rotatable bonds is 1. The van der Waals surface area contributed by atoms with Crippen LogP contribution < -0.4 is 0 Å². The molecule has 5 heteroatoms. The summed E-state index contributed by atoms with van der Waals surface area (Å²) in [7, 11) is 10.1. The third-order valence-electron chi connectivity index (χ3n) is 0.871. The van der Waals surface area contributed by atoms with Crippen LogP contribution in [0.25, 0.3) is 0 Å². The van der Waals surface area contributed by atoms with E-state index in [0.29, 0.717) is 0 Å². The van der Waals surface area contributed by atoms with Crippen molar-refractivity contribution in [1.29, 1.82) is 0 Å². The van der Waals surface area contributed by atoms with E-state index < -0.39 is 5.52 Å². The third-order valence-corrected chi connectivity index (χ3v) is 0.871. The van der Waals surface area contributed by atoms with Crippen molar-refractivity contribution in [3.05, 3.63) is 18.5 Å². The van der Waals surface area contributed by atoms with Crippen molar-refractivity contribution in [2.75, 3.05) is 0 Å². The van der Waals surface area contributed by atoms with Crippen LogP contribution in [-0.4, -0.2) is 30.6 Å². The summed E-state index contributed by atoms with van der Waals surface area (Å²) < 4.78 is 1.05. The van der Waals surface area contributed by atoms with Gasteiger partial charge in [-0.15, -0.1) is 0 Å². The first-order valence-electron chi connectivity index (χ1n) is 2.41. The Morgan fingerprint density at radius 2 is 2.22 bits per heavy atom. The van der Waals surface area contributed by atoms with Crippen LogP contribution in [0.2, 0.25) is 0 Å². The molecule has 0 spiro atoms. The summed E-state index contributed by atoms with van der Waals surface area (Å²) in [4.78, 5) is 0. The first-order chi connectivity index (χ1) is 4.11. The summed E-state index contributed by atoms with van der Waals surface area (Å²) in [5.74, 6) is 0. The van der Waals surface area contributed by atoms with Crippen molar-refractivity contribution < 1.29 is 5.11 Å². The van der Waals surface area contributed by atoms with E-state index in [1.807, 2.05) is 0 Å². The van der Waals surface area contributed by atoms with Gasteiger partial charge in [-0.1, -0.05) is 0 Å². The molecule has 1 N–H and O–H groups in total. The predicted octanol–water partition coefficient (Wildman–Crippen LogP) is -1.22. The summed E-state index contributed by atoms with van der Waals surface area (Å²) >= 11 is 0. The number of hydrogen-bond donors (Lipinski definition) is 1. The van der Waals surface area contributed by atoms with Crippen LogP contribution in [0.3, 0.4) is 0 Å². The molecule has 3 nitrogen and oxygen atoms in total. The number of hydrogen-bond acceptors (Lipinski definition) is 2. The van der Waals surface area contributed by atoms with E-state index in [0.717, 1.165) is 4.68 Å². The lowest BCUT2D eigenvalue weighted by molar-refractivity contribution is 0.126. The highest BCUT2D eigenvalue weighted by Crippen LogP contribution is 1.97. The van der Waals surface area contributed by atoms with Crippen molar-refractivity contribution in [2.24, 2.45) is 0 Å². The zero-order valence-electron chi connectivity index (χ0n) is 4.73. The highest BCUT2D eigenvalue weighted by molar-refractivity contribution is 6.36. The lowest BCUT2D eigenvalue weighted by Gasteiger charge is -2.18. The fourth-order valence-electron chi connectivity index (χ4n) is 0.481. The second kappa shape index (κ2) is 1.92. The molecular formula is C4H4B2N2O. The van der Waals surface area contributed by atoms with E-state index in [1.54, 1.807) is 6.07 Å². The van der Waals surface area contributed by atoms with Gasteiger partial charge in [0.2, 0.25) is 0 Å². The van der Waals surface area contributed by atoms with Crippen molar-refractivity contribution in [3.63, 3.8) is 0 Å². The first-order valence-corrected chi connectivity index (χ1v) is 2.41. The molecule has 1 aromatic rings. The Balaban J connectivity index is 2.90. The SMILES string of the molecule is [B]C([B])(O)n1cccn1. The molecule has 0 saturated carbocycles. The maximum Gasteiger partial charge on any atom is 0.131 e. The molecule has 0 aromatic carbocycles. The average Bonchev–Trinajstić information content (AvgIpc) is 2.08. The van der Waals surface area contributed by atoms with Crippen molar-refractivity contribution >= 4 is 15.7 Å². The van der Waals surface area contributed by atoms with Gasteiger partial charge in [0.1, 0.15) is 15.7 Å². The molecule has 1 aromatic heterocycles. The Bertz CT molecular complexity index is 179. The number of aromatic nitrogens is 2. The molecule has 4 radical (unpaired) electrons. The van der Waals surface area contributed by atoms with Gasteiger partial charge in [0.05, 0.1) is 5.52 Å². The normalized spacial score (nSPS) is 11.7. The van der Waals surface area contributed by atoms with E-state index in [-0.39, 0.29) is 0 Å². The van der Waals surface area contributed by atoms with Crippen LogP contribution in [0.1, 0.15) is 0 Å². The van der Waals surface area contributed by atoms with Gasteiger partial charge in [-0.05, 0) is 6.07 Å². The van der Waals surface area contributed by atoms with Crippen LogP contribution in [0.4, 0.5) is 0 Å². The quantitative estimate of drug-likeness (QED) is 0.469. The Morgan fingerprint density at radius 1 is 1.56 bits per heavy atom. The van der Waals surface area contributed by atoms with Gasteiger partial charge in [-0.2, -0.15) is 5.10 Å². The molecule has 1 heterocycles. The highest BCUT2D eigenvalue weighted by atomic mass is 16.3. The molecule has 0 saturated heterocycles. The lowest BCUT2D eigenvalue weighted by atomic mass is 9.73. The molecule has 0 aliphatic heterocycles. The van der Waals surface area contributed by atoms with Gasteiger partial charge < -0.3 is 5.11 Å². The zero-order valence-corrected chi connectivity index (χ0v) is 4.73. The molecule has 42 valence electrons. The van der Waals surface area contributed by atoms with Gasteiger partial charge in [0.25, 0.3) is 0 Å². The summed E-state index contributed by atoms with van der Waals surface area (Å²) in [6.07, 6.45) is 2.95. The molecule has 9 heavy (non-hydrogen) atoms. The van der Waals surface area contributed by atoms with Crippen LogP contribution in [0, 0.1) is 0 Å². The number of aliphatic hydroxyl groups is 1. The fraction of sp³-hybridized carbons (Fsp3) is 0.250. The predicted molar refractivity (Wildman–Crippen MR) is 33.9 cm³/mol.